The topological polar surface area (TPSA) is 49.0 Å². The van der Waals surface area contributed by atoms with Gasteiger partial charge in [0.25, 0.3) is 5.56 Å². The van der Waals surface area contributed by atoms with Crippen LogP contribution in [0, 0.1) is 0 Å². The zero-order valence-electron chi connectivity index (χ0n) is 11.5. The van der Waals surface area contributed by atoms with E-state index in [1.54, 1.807) is 0 Å². The molecule has 1 aliphatic carbocycles. The molecule has 1 N–H and O–H groups in total. The van der Waals surface area contributed by atoms with E-state index in [2.05, 4.69) is 25.9 Å². The minimum atomic E-state index is -0.103. The molecule has 4 nitrogen and oxygen atoms in total. The minimum Gasteiger partial charge on any atom is -0.378 e. The van der Waals surface area contributed by atoms with Crippen molar-refractivity contribution in [2.75, 3.05) is 19.0 Å². The van der Waals surface area contributed by atoms with Crippen LogP contribution in [0.1, 0.15) is 24.5 Å². The quantitative estimate of drug-likeness (QED) is 0.938. The second kappa shape index (κ2) is 5.05. The summed E-state index contributed by atoms with van der Waals surface area (Å²) in [5, 5.41) is 0. The molecule has 0 aliphatic heterocycles. The highest BCUT2D eigenvalue weighted by atomic mass is 79.9. The number of aromatic nitrogens is 2. The standard InChI is InChI=1S/C15H16BrN3O/c1-19(2)11-7-5-10(6-8-11)14-17-13(9-3-4-9)12(16)15(20)18-14/h5-9H,3-4H2,1-2H3,(H,17,18,20). The predicted molar refractivity (Wildman–Crippen MR) is 84.3 cm³/mol. The predicted octanol–water partition coefficient (Wildman–Crippen LogP) is 3.14. The van der Waals surface area contributed by atoms with Crippen molar-refractivity contribution >= 4 is 21.6 Å². The molecular formula is C15H16BrN3O. The third kappa shape index (κ3) is 2.50. The van der Waals surface area contributed by atoms with Gasteiger partial charge in [-0.3, -0.25) is 4.79 Å². The van der Waals surface area contributed by atoms with Gasteiger partial charge in [-0.05, 0) is 53.0 Å². The Bertz CT molecular complexity index is 687. The lowest BCUT2D eigenvalue weighted by molar-refractivity contribution is 0.960. The van der Waals surface area contributed by atoms with Crippen molar-refractivity contribution in [2.45, 2.75) is 18.8 Å². The van der Waals surface area contributed by atoms with Gasteiger partial charge < -0.3 is 9.88 Å². The number of anilines is 1. The summed E-state index contributed by atoms with van der Waals surface area (Å²) in [5.41, 5.74) is 2.84. The zero-order valence-corrected chi connectivity index (χ0v) is 13.1. The number of nitrogens with zero attached hydrogens (tertiary/aromatic N) is 2. The fourth-order valence-corrected chi connectivity index (χ4v) is 2.67. The SMILES string of the molecule is CN(C)c1ccc(-c2nc(C3CC3)c(Br)c(=O)[nH]2)cc1. The molecule has 104 valence electrons. The maximum absolute atomic E-state index is 12.0. The highest BCUT2D eigenvalue weighted by Gasteiger charge is 2.29. The van der Waals surface area contributed by atoms with Crippen LogP contribution >= 0.6 is 15.9 Å². The molecule has 0 amide bonds. The van der Waals surface area contributed by atoms with Gasteiger partial charge in [0.2, 0.25) is 0 Å². The Morgan fingerprint density at radius 2 is 1.90 bits per heavy atom. The number of hydrogen-bond acceptors (Lipinski definition) is 3. The van der Waals surface area contributed by atoms with Gasteiger partial charge in [0, 0.05) is 31.3 Å². The molecule has 1 aliphatic rings. The first-order valence-corrected chi connectivity index (χ1v) is 7.43. The van der Waals surface area contributed by atoms with Gasteiger partial charge in [0.15, 0.2) is 0 Å². The van der Waals surface area contributed by atoms with Gasteiger partial charge in [-0.15, -0.1) is 0 Å². The van der Waals surface area contributed by atoms with Crippen LogP contribution in [-0.2, 0) is 0 Å². The lowest BCUT2D eigenvalue weighted by atomic mass is 10.1. The van der Waals surface area contributed by atoms with Crippen LogP contribution in [0.4, 0.5) is 5.69 Å². The monoisotopic (exact) mass is 333 g/mol. The Morgan fingerprint density at radius 1 is 1.25 bits per heavy atom. The summed E-state index contributed by atoms with van der Waals surface area (Å²) < 4.78 is 0.577. The van der Waals surface area contributed by atoms with E-state index in [9.17, 15) is 4.79 Å². The normalized spacial score (nSPS) is 14.3. The second-order valence-corrected chi connectivity index (χ2v) is 6.12. The van der Waals surface area contributed by atoms with Gasteiger partial charge >= 0.3 is 0 Å². The van der Waals surface area contributed by atoms with E-state index in [1.165, 1.54) is 0 Å². The zero-order chi connectivity index (χ0) is 14.3. The van der Waals surface area contributed by atoms with E-state index in [1.807, 2.05) is 43.3 Å². The van der Waals surface area contributed by atoms with Gasteiger partial charge in [-0.2, -0.15) is 0 Å². The van der Waals surface area contributed by atoms with E-state index < -0.39 is 0 Å². The molecule has 3 rings (SSSR count). The van der Waals surface area contributed by atoms with Crippen LogP contribution in [0.25, 0.3) is 11.4 Å². The summed E-state index contributed by atoms with van der Waals surface area (Å²) in [6.45, 7) is 0. The molecule has 0 bridgehead atoms. The second-order valence-electron chi connectivity index (χ2n) is 5.33. The van der Waals surface area contributed by atoms with E-state index in [0.29, 0.717) is 16.2 Å². The first-order valence-electron chi connectivity index (χ1n) is 6.63. The maximum Gasteiger partial charge on any atom is 0.265 e. The summed E-state index contributed by atoms with van der Waals surface area (Å²) in [6.07, 6.45) is 2.24. The van der Waals surface area contributed by atoms with Gasteiger partial charge in [-0.1, -0.05) is 0 Å². The Labute approximate surface area is 126 Å². The fourth-order valence-electron chi connectivity index (χ4n) is 2.16. The van der Waals surface area contributed by atoms with Crippen molar-refractivity contribution in [3.05, 3.63) is 44.8 Å². The molecule has 20 heavy (non-hydrogen) atoms. The molecule has 0 saturated heterocycles. The Kier molecular flexibility index (Phi) is 3.38. The van der Waals surface area contributed by atoms with Crippen LogP contribution in [0.3, 0.4) is 0 Å². The molecule has 1 aromatic heterocycles. The molecule has 0 unspecified atom stereocenters. The molecule has 0 spiro atoms. The lowest BCUT2D eigenvalue weighted by Crippen LogP contribution is -2.13. The summed E-state index contributed by atoms with van der Waals surface area (Å²) in [5.74, 6) is 1.08. The minimum absolute atomic E-state index is 0.103. The van der Waals surface area contributed by atoms with E-state index in [-0.39, 0.29) is 5.56 Å². The van der Waals surface area contributed by atoms with Crippen molar-refractivity contribution < 1.29 is 0 Å². The number of rotatable bonds is 3. The van der Waals surface area contributed by atoms with E-state index >= 15 is 0 Å². The molecule has 1 aromatic carbocycles. The molecule has 1 saturated carbocycles. The molecule has 0 atom stereocenters. The Morgan fingerprint density at radius 3 is 2.45 bits per heavy atom. The van der Waals surface area contributed by atoms with Crippen LogP contribution in [0.2, 0.25) is 0 Å². The van der Waals surface area contributed by atoms with E-state index in [0.717, 1.165) is 29.8 Å². The number of hydrogen-bond donors (Lipinski definition) is 1. The van der Waals surface area contributed by atoms with Gasteiger partial charge in [0.05, 0.1) is 5.69 Å². The summed E-state index contributed by atoms with van der Waals surface area (Å²) in [6, 6.07) is 8.01. The average Bonchev–Trinajstić information content (AvgIpc) is 3.26. The fraction of sp³-hybridized carbons (Fsp3) is 0.333. The van der Waals surface area contributed by atoms with Crippen molar-refractivity contribution in [2.24, 2.45) is 0 Å². The molecular weight excluding hydrogens is 318 g/mol. The third-order valence-electron chi connectivity index (χ3n) is 3.51. The summed E-state index contributed by atoms with van der Waals surface area (Å²) in [7, 11) is 4.00. The maximum atomic E-state index is 12.0. The molecule has 5 heteroatoms. The Balaban J connectivity index is 2.03. The molecule has 1 heterocycles. The molecule has 0 radical (unpaired) electrons. The van der Waals surface area contributed by atoms with Gasteiger partial charge in [-0.25, -0.2) is 4.98 Å². The first-order chi connectivity index (χ1) is 9.56. The highest BCUT2D eigenvalue weighted by Crippen LogP contribution is 2.41. The summed E-state index contributed by atoms with van der Waals surface area (Å²) >= 11 is 3.35. The first kappa shape index (κ1) is 13.4. The van der Waals surface area contributed by atoms with Crippen molar-refractivity contribution in [1.82, 2.24) is 9.97 Å². The molecule has 2 aromatic rings. The van der Waals surface area contributed by atoms with Gasteiger partial charge in [0.1, 0.15) is 10.3 Å². The van der Waals surface area contributed by atoms with Crippen molar-refractivity contribution in [3.63, 3.8) is 0 Å². The summed E-state index contributed by atoms with van der Waals surface area (Å²) in [4.78, 5) is 21.5. The van der Waals surface area contributed by atoms with Crippen LogP contribution in [0.5, 0.6) is 0 Å². The number of nitrogens with one attached hydrogen (secondary N) is 1. The largest absolute Gasteiger partial charge is 0.378 e. The third-order valence-corrected chi connectivity index (χ3v) is 4.28. The van der Waals surface area contributed by atoms with E-state index in [4.69, 9.17) is 0 Å². The van der Waals surface area contributed by atoms with Crippen molar-refractivity contribution in [1.29, 1.82) is 0 Å². The lowest BCUT2D eigenvalue weighted by Gasteiger charge is -2.12. The van der Waals surface area contributed by atoms with Crippen LogP contribution in [0.15, 0.2) is 33.5 Å². The van der Waals surface area contributed by atoms with Crippen molar-refractivity contribution in [3.8, 4) is 11.4 Å². The Hall–Kier alpha value is -1.62. The smallest absolute Gasteiger partial charge is 0.265 e. The van der Waals surface area contributed by atoms with Crippen LogP contribution < -0.4 is 10.5 Å². The number of aromatic amines is 1. The number of H-pyrrole nitrogens is 1. The van der Waals surface area contributed by atoms with Crippen LogP contribution in [-0.4, -0.2) is 24.1 Å². The highest BCUT2D eigenvalue weighted by molar-refractivity contribution is 9.10. The number of benzene rings is 1. The average molecular weight is 334 g/mol. The number of halogens is 1. The molecule has 1 fully saturated rings.